The summed E-state index contributed by atoms with van der Waals surface area (Å²) in [6.45, 7) is 1.90. The van der Waals surface area contributed by atoms with Crippen LogP contribution in [0.1, 0.15) is 27.6 Å². The molecule has 0 amide bonds. The molecule has 0 N–H and O–H groups in total. The molecule has 2 heterocycles. The summed E-state index contributed by atoms with van der Waals surface area (Å²) >= 11 is 0. The quantitative estimate of drug-likeness (QED) is 0.252. The van der Waals surface area contributed by atoms with Gasteiger partial charge in [-0.3, -0.25) is 4.79 Å². The van der Waals surface area contributed by atoms with Gasteiger partial charge in [-0.05, 0) is 25.1 Å². The van der Waals surface area contributed by atoms with Crippen LogP contribution in [0.15, 0.2) is 64.1 Å². The first-order valence-electron chi connectivity index (χ1n) is 7.81. The second-order valence-electron chi connectivity index (χ2n) is 5.39. The molecule has 134 valence electrons. The SMILES string of the molecule is CCOC(=O)c1ccc[n+](CC(=O)c2cc3ccccc3oc2=O)c1.[Cl-]. The first-order valence-corrected chi connectivity index (χ1v) is 7.81. The van der Waals surface area contributed by atoms with Crippen LogP contribution < -0.4 is 22.6 Å². The van der Waals surface area contributed by atoms with Crippen molar-refractivity contribution in [3.05, 3.63) is 76.4 Å². The molecular formula is C19H16ClNO5. The Balaban J connectivity index is 0.00000243. The third-order valence-electron chi connectivity index (χ3n) is 3.64. The standard InChI is InChI=1S/C19H16NO5.ClH/c1-2-24-18(22)14-7-5-9-20(11-14)12-16(21)15-10-13-6-3-4-8-17(13)25-19(15)23;/h3-11H,2,12H2,1H3;1H/q+1;/p-1. The summed E-state index contributed by atoms with van der Waals surface area (Å²) in [4.78, 5) is 36.3. The fraction of sp³-hybridized carbons (Fsp3) is 0.158. The number of pyridine rings is 1. The lowest BCUT2D eigenvalue weighted by atomic mass is 10.1. The number of rotatable bonds is 5. The Morgan fingerprint density at radius 3 is 2.69 bits per heavy atom. The van der Waals surface area contributed by atoms with Gasteiger partial charge in [0.15, 0.2) is 12.4 Å². The summed E-state index contributed by atoms with van der Waals surface area (Å²) in [6, 6.07) is 11.8. The van der Waals surface area contributed by atoms with Crippen LogP contribution in [0.2, 0.25) is 0 Å². The van der Waals surface area contributed by atoms with E-state index >= 15 is 0 Å². The molecule has 0 aliphatic heterocycles. The van der Waals surface area contributed by atoms with Crippen molar-refractivity contribution in [2.75, 3.05) is 6.61 Å². The maximum Gasteiger partial charge on any atom is 0.347 e. The molecule has 0 atom stereocenters. The zero-order chi connectivity index (χ0) is 17.8. The van der Waals surface area contributed by atoms with E-state index in [-0.39, 0.29) is 31.1 Å². The molecule has 0 saturated carbocycles. The average molecular weight is 374 g/mol. The van der Waals surface area contributed by atoms with Crippen LogP contribution >= 0.6 is 0 Å². The van der Waals surface area contributed by atoms with E-state index in [0.29, 0.717) is 16.5 Å². The van der Waals surface area contributed by atoms with E-state index in [9.17, 15) is 14.4 Å². The smallest absolute Gasteiger partial charge is 0.347 e. The predicted octanol–water partition coefficient (Wildman–Crippen LogP) is -0.856. The van der Waals surface area contributed by atoms with Gasteiger partial charge in [-0.1, -0.05) is 18.2 Å². The molecule has 0 aliphatic rings. The molecule has 0 aliphatic carbocycles. The van der Waals surface area contributed by atoms with Crippen molar-refractivity contribution in [3.63, 3.8) is 0 Å². The average Bonchev–Trinajstić information content (AvgIpc) is 2.61. The molecule has 6 nitrogen and oxygen atoms in total. The van der Waals surface area contributed by atoms with E-state index in [1.807, 2.05) is 0 Å². The Morgan fingerprint density at radius 2 is 1.92 bits per heavy atom. The number of hydrogen-bond donors (Lipinski definition) is 0. The number of carbonyl (C=O) groups excluding carboxylic acids is 2. The number of ketones is 1. The largest absolute Gasteiger partial charge is 1.00 e. The van der Waals surface area contributed by atoms with Gasteiger partial charge < -0.3 is 21.6 Å². The predicted molar refractivity (Wildman–Crippen MR) is 89.4 cm³/mol. The molecular weight excluding hydrogens is 358 g/mol. The Bertz CT molecular complexity index is 1010. The number of nitrogens with zero attached hydrogens (tertiary/aromatic N) is 1. The van der Waals surface area contributed by atoms with E-state index in [1.165, 1.54) is 16.8 Å². The van der Waals surface area contributed by atoms with Gasteiger partial charge in [0.25, 0.3) is 0 Å². The van der Waals surface area contributed by atoms with E-state index < -0.39 is 17.4 Å². The highest BCUT2D eigenvalue weighted by molar-refractivity contribution is 5.97. The Hall–Kier alpha value is -2.99. The second kappa shape index (κ2) is 8.40. The van der Waals surface area contributed by atoms with Crippen LogP contribution in [-0.2, 0) is 11.3 Å². The number of Topliss-reactive ketones (excluding diaryl/α,β-unsaturated/α-hetero) is 1. The Labute approximate surface area is 155 Å². The zero-order valence-corrected chi connectivity index (χ0v) is 14.7. The van der Waals surface area contributed by atoms with Crippen molar-refractivity contribution < 1.29 is 35.7 Å². The molecule has 0 unspecified atom stereocenters. The fourth-order valence-electron chi connectivity index (χ4n) is 2.46. The third kappa shape index (κ3) is 4.15. The molecule has 3 aromatic rings. The van der Waals surface area contributed by atoms with Crippen LogP contribution in [0.4, 0.5) is 0 Å². The summed E-state index contributed by atoms with van der Waals surface area (Å²) in [6.07, 6.45) is 3.15. The first kappa shape index (κ1) is 19.3. The van der Waals surface area contributed by atoms with Crippen molar-refractivity contribution in [2.24, 2.45) is 0 Å². The number of benzene rings is 1. The molecule has 0 spiro atoms. The van der Waals surface area contributed by atoms with Gasteiger partial charge in [0.05, 0.1) is 6.61 Å². The zero-order valence-electron chi connectivity index (χ0n) is 14.0. The fourth-order valence-corrected chi connectivity index (χ4v) is 2.46. The number of hydrogen-bond acceptors (Lipinski definition) is 5. The van der Waals surface area contributed by atoms with Gasteiger partial charge in [-0.15, -0.1) is 0 Å². The molecule has 26 heavy (non-hydrogen) atoms. The van der Waals surface area contributed by atoms with Crippen LogP contribution in [0.3, 0.4) is 0 Å². The minimum absolute atomic E-state index is 0. The van der Waals surface area contributed by atoms with Crippen LogP contribution in [-0.4, -0.2) is 18.4 Å². The third-order valence-corrected chi connectivity index (χ3v) is 3.64. The van der Waals surface area contributed by atoms with Crippen LogP contribution in [0.5, 0.6) is 0 Å². The number of carbonyl (C=O) groups is 2. The monoisotopic (exact) mass is 373 g/mol. The van der Waals surface area contributed by atoms with E-state index in [0.717, 1.165) is 0 Å². The maximum atomic E-state index is 12.5. The van der Waals surface area contributed by atoms with Crippen LogP contribution in [0.25, 0.3) is 11.0 Å². The Kier molecular flexibility index (Phi) is 6.25. The molecule has 1 aromatic carbocycles. The molecule has 0 bridgehead atoms. The van der Waals surface area contributed by atoms with Gasteiger partial charge in [0, 0.05) is 11.5 Å². The lowest BCUT2D eigenvalue weighted by Gasteiger charge is -2.02. The number of fused-ring (bicyclic) bond motifs is 1. The van der Waals surface area contributed by atoms with Gasteiger partial charge in [-0.2, -0.15) is 4.57 Å². The minimum Gasteiger partial charge on any atom is -1.00 e. The van der Waals surface area contributed by atoms with Crippen molar-refractivity contribution in [1.82, 2.24) is 0 Å². The van der Waals surface area contributed by atoms with Gasteiger partial charge in [-0.25, -0.2) is 9.59 Å². The number of halogens is 1. The lowest BCUT2D eigenvalue weighted by Crippen LogP contribution is -3.00. The summed E-state index contributed by atoms with van der Waals surface area (Å²) in [5, 5.41) is 0.677. The van der Waals surface area contributed by atoms with Gasteiger partial charge >= 0.3 is 11.6 Å². The summed E-state index contributed by atoms with van der Waals surface area (Å²) < 4.78 is 11.7. The normalized spacial score (nSPS) is 10.2. The van der Waals surface area contributed by atoms with E-state index in [2.05, 4.69) is 0 Å². The van der Waals surface area contributed by atoms with Crippen molar-refractivity contribution in [3.8, 4) is 0 Å². The van der Waals surface area contributed by atoms with Crippen molar-refractivity contribution >= 4 is 22.7 Å². The van der Waals surface area contributed by atoms with Crippen LogP contribution in [0, 0.1) is 0 Å². The van der Waals surface area contributed by atoms with E-state index in [1.54, 1.807) is 49.5 Å². The highest BCUT2D eigenvalue weighted by atomic mass is 35.5. The molecule has 0 saturated heterocycles. The molecule has 3 rings (SSSR count). The van der Waals surface area contributed by atoms with Crippen molar-refractivity contribution in [2.45, 2.75) is 13.5 Å². The second-order valence-corrected chi connectivity index (χ2v) is 5.39. The topological polar surface area (TPSA) is 77.5 Å². The number of ether oxygens (including phenoxy) is 1. The summed E-state index contributed by atoms with van der Waals surface area (Å²) in [7, 11) is 0. The molecule has 2 aromatic heterocycles. The van der Waals surface area contributed by atoms with Gasteiger partial charge in [0.2, 0.25) is 12.3 Å². The number of esters is 1. The highest BCUT2D eigenvalue weighted by Crippen LogP contribution is 2.12. The number of aromatic nitrogens is 1. The number of para-hydroxylation sites is 1. The Morgan fingerprint density at radius 1 is 1.15 bits per heavy atom. The maximum absolute atomic E-state index is 12.5. The van der Waals surface area contributed by atoms with Crippen molar-refractivity contribution in [1.29, 1.82) is 0 Å². The lowest BCUT2D eigenvalue weighted by molar-refractivity contribution is -0.683. The van der Waals surface area contributed by atoms with E-state index in [4.69, 9.17) is 9.15 Å². The summed E-state index contributed by atoms with van der Waals surface area (Å²) in [5.41, 5.74) is 0.0716. The highest BCUT2D eigenvalue weighted by Gasteiger charge is 2.19. The molecule has 0 radical (unpaired) electrons. The molecule has 7 heteroatoms. The minimum atomic E-state index is -0.675. The summed E-state index contributed by atoms with van der Waals surface area (Å²) in [5.74, 6) is -0.861. The first-order chi connectivity index (χ1) is 12.1. The molecule has 0 fully saturated rings. The van der Waals surface area contributed by atoms with Gasteiger partial charge in [0.1, 0.15) is 16.7 Å².